The first kappa shape index (κ1) is 19.8. The van der Waals surface area contributed by atoms with Gasteiger partial charge in [-0.3, -0.25) is 9.59 Å². The molecule has 24 heavy (non-hydrogen) atoms. The third-order valence-corrected chi connectivity index (χ3v) is 3.35. The zero-order valence-electron chi connectivity index (χ0n) is 14.3. The van der Waals surface area contributed by atoms with Gasteiger partial charge in [-0.15, -0.1) is 0 Å². The maximum atomic E-state index is 11.9. The monoisotopic (exact) mass is 354 g/mol. The number of hydrogen-bond acceptors (Lipinski definition) is 4. The van der Waals surface area contributed by atoms with Crippen LogP contribution in [0.25, 0.3) is 6.08 Å². The van der Waals surface area contributed by atoms with Gasteiger partial charge >= 0.3 is 0 Å². The fourth-order valence-corrected chi connectivity index (χ4v) is 2.27. The molecule has 0 spiro atoms. The zero-order chi connectivity index (χ0) is 18.1. The third-order valence-electron chi connectivity index (χ3n) is 3.07. The number of rotatable bonds is 8. The van der Waals surface area contributed by atoms with E-state index < -0.39 is 6.04 Å². The van der Waals surface area contributed by atoms with E-state index >= 15 is 0 Å². The lowest BCUT2D eigenvalue weighted by Gasteiger charge is -2.12. The van der Waals surface area contributed by atoms with Crippen molar-refractivity contribution in [2.24, 2.45) is 0 Å². The molecule has 0 aliphatic rings. The minimum absolute atomic E-state index is 0.231. The van der Waals surface area contributed by atoms with Gasteiger partial charge in [0.1, 0.15) is 6.04 Å². The van der Waals surface area contributed by atoms with Crippen molar-refractivity contribution in [3.8, 4) is 11.5 Å². The van der Waals surface area contributed by atoms with E-state index in [9.17, 15) is 9.59 Å². The average Bonchev–Trinajstić information content (AvgIpc) is 2.53. The fourth-order valence-electron chi connectivity index (χ4n) is 1.97. The molecular formula is C17H23ClN2O4. The summed E-state index contributed by atoms with van der Waals surface area (Å²) in [5.74, 6) is 0.345. The molecule has 0 aliphatic carbocycles. The predicted octanol–water partition coefficient (Wildman–Crippen LogP) is 2.40. The molecule has 0 aliphatic heterocycles. The minimum atomic E-state index is -0.611. The van der Waals surface area contributed by atoms with Crippen molar-refractivity contribution in [2.45, 2.75) is 26.8 Å². The van der Waals surface area contributed by atoms with Crippen molar-refractivity contribution in [1.82, 2.24) is 10.6 Å². The Morgan fingerprint density at radius 3 is 2.62 bits per heavy atom. The topological polar surface area (TPSA) is 76.7 Å². The largest absolute Gasteiger partial charge is 0.491 e. The number of likely N-dealkylation sites (N-methyl/N-ethyl adjacent to an activating group) is 1. The zero-order valence-corrected chi connectivity index (χ0v) is 15.1. The van der Waals surface area contributed by atoms with Crippen molar-refractivity contribution < 1.29 is 19.1 Å². The smallest absolute Gasteiger partial charge is 0.244 e. The van der Waals surface area contributed by atoms with Gasteiger partial charge in [0.25, 0.3) is 0 Å². The molecule has 7 heteroatoms. The standard InChI is InChI=1S/C17H23ClN2O4/c1-5-19-17(22)11(3)20-15(21)8-7-12-9-13(18)16(23-4)14(10-12)24-6-2/h7-11H,5-6H2,1-4H3,(H,19,22)(H,20,21)/b8-7+/t11-/m1/s1. The van der Waals surface area contributed by atoms with Gasteiger partial charge in [-0.25, -0.2) is 0 Å². The maximum Gasteiger partial charge on any atom is 0.244 e. The maximum absolute atomic E-state index is 11.9. The molecule has 0 fully saturated rings. The van der Waals surface area contributed by atoms with E-state index in [4.69, 9.17) is 21.1 Å². The first-order valence-corrected chi connectivity index (χ1v) is 8.07. The Labute approximate surface area is 147 Å². The van der Waals surface area contributed by atoms with E-state index in [0.29, 0.717) is 35.2 Å². The summed E-state index contributed by atoms with van der Waals surface area (Å²) in [6.45, 7) is 6.26. The highest BCUT2D eigenvalue weighted by Gasteiger charge is 2.13. The highest BCUT2D eigenvalue weighted by Crippen LogP contribution is 2.36. The van der Waals surface area contributed by atoms with Gasteiger partial charge in [0, 0.05) is 12.6 Å². The number of carbonyl (C=O) groups excluding carboxylic acids is 2. The molecule has 0 saturated carbocycles. The summed E-state index contributed by atoms with van der Waals surface area (Å²) in [6.07, 6.45) is 2.93. The van der Waals surface area contributed by atoms with Crippen LogP contribution in [0, 0.1) is 0 Å². The van der Waals surface area contributed by atoms with E-state index in [1.54, 1.807) is 25.1 Å². The van der Waals surface area contributed by atoms with E-state index in [-0.39, 0.29) is 11.8 Å². The highest BCUT2D eigenvalue weighted by atomic mass is 35.5. The SMILES string of the molecule is CCNC(=O)[C@@H](C)NC(=O)/C=C/c1cc(Cl)c(OC)c(OCC)c1. The van der Waals surface area contributed by atoms with Crippen LogP contribution in [-0.2, 0) is 9.59 Å². The number of carbonyl (C=O) groups is 2. The lowest BCUT2D eigenvalue weighted by atomic mass is 10.2. The van der Waals surface area contributed by atoms with Crippen LogP contribution in [0.3, 0.4) is 0 Å². The molecule has 1 rings (SSSR count). The van der Waals surface area contributed by atoms with Crippen molar-refractivity contribution in [2.75, 3.05) is 20.3 Å². The summed E-state index contributed by atoms with van der Waals surface area (Å²) in [4.78, 5) is 23.5. The van der Waals surface area contributed by atoms with Gasteiger partial charge in [0.2, 0.25) is 11.8 Å². The van der Waals surface area contributed by atoms with Crippen molar-refractivity contribution in [3.05, 3.63) is 28.8 Å². The van der Waals surface area contributed by atoms with Crippen LogP contribution in [0.15, 0.2) is 18.2 Å². The number of hydrogen-bond donors (Lipinski definition) is 2. The van der Waals surface area contributed by atoms with Gasteiger partial charge in [0.15, 0.2) is 11.5 Å². The molecule has 0 unspecified atom stereocenters. The Hall–Kier alpha value is -2.21. The Morgan fingerprint density at radius 2 is 2.04 bits per heavy atom. The van der Waals surface area contributed by atoms with Crippen molar-refractivity contribution >= 4 is 29.5 Å². The highest BCUT2D eigenvalue weighted by molar-refractivity contribution is 6.32. The Morgan fingerprint density at radius 1 is 1.33 bits per heavy atom. The normalized spacial score (nSPS) is 11.9. The molecule has 2 N–H and O–H groups in total. The van der Waals surface area contributed by atoms with Crippen LogP contribution in [0.4, 0.5) is 0 Å². The second-order valence-electron chi connectivity index (χ2n) is 4.93. The molecule has 132 valence electrons. The van der Waals surface area contributed by atoms with Crippen LogP contribution >= 0.6 is 11.6 Å². The summed E-state index contributed by atoms with van der Waals surface area (Å²) >= 11 is 6.15. The molecule has 1 aromatic carbocycles. The predicted molar refractivity (Wildman–Crippen MR) is 94.5 cm³/mol. The van der Waals surface area contributed by atoms with Crippen LogP contribution in [0.1, 0.15) is 26.3 Å². The first-order valence-electron chi connectivity index (χ1n) is 7.69. The molecule has 0 aromatic heterocycles. The minimum Gasteiger partial charge on any atom is -0.491 e. The van der Waals surface area contributed by atoms with Gasteiger partial charge in [-0.1, -0.05) is 11.6 Å². The summed E-state index contributed by atoms with van der Waals surface area (Å²) < 4.78 is 10.7. The van der Waals surface area contributed by atoms with Gasteiger partial charge in [-0.2, -0.15) is 0 Å². The number of methoxy groups -OCH3 is 1. The second-order valence-corrected chi connectivity index (χ2v) is 5.33. The molecule has 0 radical (unpaired) electrons. The average molecular weight is 355 g/mol. The third kappa shape index (κ3) is 5.77. The summed E-state index contributed by atoms with van der Waals surface area (Å²) in [6, 6.07) is 2.78. The van der Waals surface area contributed by atoms with Crippen LogP contribution < -0.4 is 20.1 Å². The van der Waals surface area contributed by atoms with Gasteiger partial charge in [-0.05, 0) is 44.5 Å². The Balaban J connectivity index is 2.82. The first-order chi connectivity index (χ1) is 11.4. The molecule has 0 saturated heterocycles. The number of benzene rings is 1. The van der Waals surface area contributed by atoms with Crippen LogP contribution in [-0.4, -0.2) is 38.1 Å². The number of nitrogens with one attached hydrogen (secondary N) is 2. The number of ether oxygens (including phenoxy) is 2. The molecule has 6 nitrogen and oxygen atoms in total. The van der Waals surface area contributed by atoms with E-state index in [1.807, 2.05) is 13.8 Å². The Kier molecular flexibility index (Phi) is 8.12. The van der Waals surface area contributed by atoms with Crippen LogP contribution in [0.2, 0.25) is 5.02 Å². The van der Waals surface area contributed by atoms with Crippen molar-refractivity contribution in [3.63, 3.8) is 0 Å². The molecule has 2 amide bonds. The molecule has 0 bridgehead atoms. The van der Waals surface area contributed by atoms with Crippen LogP contribution in [0.5, 0.6) is 11.5 Å². The second kappa shape index (κ2) is 9.82. The Bertz CT molecular complexity index is 617. The quantitative estimate of drug-likeness (QED) is 0.703. The lowest BCUT2D eigenvalue weighted by molar-refractivity contribution is -0.126. The van der Waals surface area contributed by atoms with E-state index in [2.05, 4.69) is 10.6 Å². The number of halogens is 1. The summed E-state index contributed by atoms with van der Waals surface area (Å²) in [5.41, 5.74) is 0.685. The number of amides is 2. The van der Waals surface area contributed by atoms with E-state index in [1.165, 1.54) is 13.2 Å². The summed E-state index contributed by atoms with van der Waals surface area (Å²) in [7, 11) is 1.51. The van der Waals surface area contributed by atoms with Gasteiger partial charge in [0.05, 0.1) is 18.7 Å². The van der Waals surface area contributed by atoms with E-state index in [0.717, 1.165) is 0 Å². The molecule has 1 atom stereocenters. The molecule has 0 heterocycles. The molecule has 1 aromatic rings. The fraction of sp³-hybridized carbons (Fsp3) is 0.412. The van der Waals surface area contributed by atoms with Crippen molar-refractivity contribution in [1.29, 1.82) is 0 Å². The summed E-state index contributed by atoms with van der Waals surface area (Å²) in [5, 5.41) is 5.61. The lowest BCUT2D eigenvalue weighted by Crippen LogP contribution is -2.44. The van der Waals surface area contributed by atoms with Gasteiger partial charge < -0.3 is 20.1 Å². The molecular weight excluding hydrogens is 332 g/mol.